The summed E-state index contributed by atoms with van der Waals surface area (Å²) in [6.07, 6.45) is 5.29. The van der Waals surface area contributed by atoms with Crippen molar-refractivity contribution in [2.24, 2.45) is 0 Å². The molecule has 3 rings (SSSR count). The topological polar surface area (TPSA) is 26.3 Å². The van der Waals surface area contributed by atoms with Crippen molar-refractivity contribution in [3.63, 3.8) is 0 Å². The van der Waals surface area contributed by atoms with Gasteiger partial charge in [0.25, 0.3) is 0 Å². The summed E-state index contributed by atoms with van der Waals surface area (Å²) in [6.45, 7) is 2.56. The number of benzene rings is 3. The summed E-state index contributed by atoms with van der Waals surface area (Å²) in [5.41, 5.74) is 1.03. The van der Waals surface area contributed by atoms with E-state index in [0.29, 0.717) is 6.61 Å². The van der Waals surface area contributed by atoms with Crippen LogP contribution in [-0.2, 0) is 9.53 Å². The SMILES string of the molecule is CCCCOC(=O)C=Cc1cc2ccccc2c2ccccc12. The number of esters is 1. The zero-order valence-electron chi connectivity index (χ0n) is 13.3. The standard InChI is InChI=1S/C21H20O2/c1-2-3-14-23-21(22)13-12-17-15-16-8-4-5-9-18(16)20-11-7-6-10-19(17)20/h4-13,15H,2-3,14H2,1H3. The molecule has 0 amide bonds. The largest absolute Gasteiger partial charge is 0.463 e. The Labute approximate surface area is 136 Å². The van der Waals surface area contributed by atoms with Gasteiger partial charge < -0.3 is 4.74 Å². The second-order valence-electron chi connectivity index (χ2n) is 5.59. The van der Waals surface area contributed by atoms with E-state index in [1.165, 1.54) is 22.2 Å². The lowest BCUT2D eigenvalue weighted by molar-refractivity contribution is -0.137. The predicted octanol–water partition coefficient (Wildman–Crippen LogP) is 5.35. The van der Waals surface area contributed by atoms with Gasteiger partial charge in [0.1, 0.15) is 0 Å². The van der Waals surface area contributed by atoms with Crippen LogP contribution < -0.4 is 0 Å². The third kappa shape index (κ3) is 3.42. The monoisotopic (exact) mass is 304 g/mol. The molecule has 0 unspecified atom stereocenters. The molecule has 0 aliphatic carbocycles. The van der Waals surface area contributed by atoms with Gasteiger partial charge in [0.2, 0.25) is 0 Å². The van der Waals surface area contributed by atoms with Crippen molar-refractivity contribution in [2.45, 2.75) is 19.8 Å². The maximum absolute atomic E-state index is 11.8. The van der Waals surface area contributed by atoms with E-state index in [9.17, 15) is 4.79 Å². The average molecular weight is 304 g/mol. The molecule has 0 aliphatic rings. The molecule has 3 aromatic rings. The van der Waals surface area contributed by atoms with Gasteiger partial charge in [0, 0.05) is 6.08 Å². The van der Waals surface area contributed by atoms with Gasteiger partial charge in [-0.1, -0.05) is 61.9 Å². The molecule has 0 bridgehead atoms. The van der Waals surface area contributed by atoms with Gasteiger partial charge in [0.05, 0.1) is 6.61 Å². The highest BCUT2D eigenvalue weighted by Gasteiger charge is 2.04. The van der Waals surface area contributed by atoms with Crippen molar-refractivity contribution >= 4 is 33.6 Å². The van der Waals surface area contributed by atoms with Gasteiger partial charge in [-0.3, -0.25) is 0 Å². The molecule has 0 aromatic heterocycles. The molecule has 3 aromatic carbocycles. The molecule has 0 N–H and O–H groups in total. The van der Waals surface area contributed by atoms with Crippen LogP contribution in [0, 0.1) is 0 Å². The molecule has 2 heteroatoms. The van der Waals surface area contributed by atoms with E-state index >= 15 is 0 Å². The van der Waals surface area contributed by atoms with Crippen LogP contribution in [0.2, 0.25) is 0 Å². The molecular weight excluding hydrogens is 284 g/mol. The minimum absolute atomic E-state index is 0.282. The smallest absolute Gasteiger partial charge is 0.330 e. The maximum atomic E-state index is 11.8. The summed E-state index contributed by atoms with van der Waals surface area (Å²) in [4.78, 5) is 11.8. The Bertz CT molecular complexity index is 862. The summed E-state index contributed by atoms with van der Waals surface area (Å²) in [6, 6.07) is 18.7. The molecule has 0 saturated carbocycles. The van der Waals surface area contributed by atoms with Crippen molar-refractivity contribution in [3.05, 3.63) is 66.2 Å². The number of fused-ring (bicyclic) bond motifs is 3. The lowest BCUT2D eigenvalue weighted by Crippen LogP contribution is -2.01. The van der Waals surface area contributed by atoms with E-state index < -0.39 is 0 Å². The molecule has 116 valence electrons. The van der Waals surface area contributed by atoms with Crippen molar-refractivity contribution < 1.29 is 9.53 Å². The predicted molar refractivity (Wildman–Crippen MR) is 96.4 cm³/mol. The number of ether oxygens (including phenoxy) is 1. The number of unbranched alkanes of at least 4 members (excludes halogenated alkanes) is 1. The van der Waals surface area contributed by atoms with Crippen LogP contribution in [0.25, 0.3) is 27.6 Å². The highest BCUT2D eigenvalue weighted by atomic mass is 16.5. The Morgan fingerprint density at radius 2 is 1.70 bits per heavy atom. The van der Waals surface area contributed by atoms with Crippen LogP contribution in [0.1, 0.15) is 25.3 Å². The van der Waals surface area contributed by atoms with Gasteiger partial charge in [0.15, 0.2) is 0 Å². The lowest BCUT2D eigenvalue weighted by atomic mass is 9.97. The first-order valence-electron chi connectivity index (χ1n) is 8.05. The van der Waals surface area contributed by atoms with Crippen LogP contribution in [0.5, 0.6) is 0 Å². The third-order valence-corrected chi connectivity index (χ3v) is 3.94. The van der Waals surface area contributed by atoms with E-state index in [1.54, 1.807) is 0 Å². The fourth-order valence-electron chi connectivity index (χ4n) is 2.74. The highest BCUT2D eigenvalue weighted by molar-refractivity contribution is 6.11. The van der Waals surface area contributed by atoms with E-state index in [4.69, 9.17) is 4.74 Å². The molecule has 2 nitrogen and oxygen atoms in total. The number of rotatable bonds is 5. The lowest BCUT2D eigenvalue weighted by Gasteiger charge is -2.07. The van der Waals surface area contributed by atoms with Gasteiger partial charge in [-0.25, -0.2) is 4.79 Å². The third-order valence-electron chi connectivity index (χ3n) is 3.94. The van der Waals surface area contributed by atoms with Gasteiger partial charge in [-0.15, -0.1) is 0 Å². The number of hydrogen-bond acceptors (Lipinski definition) is 2. The van der Waals surface area contributed by atoms with Crippen molar-refractivity contribution in [1.29, 1.82) is 0 Å². The molecule has 23 heavy (non-hydrogen) atoms. The molecule has 0 atom stereocenters. The van der Waals surface area contributed by atoms with Crippen molar-refractivity contribution in [2.75, 3.05) is 6.61 Å². The van der Waals surface area contributed by atoms with Gasteiger partial charge >= 0.3 is 5.97 Å². The molecule has 0 saturated heterocycles. The summed E-state index contributed by atoms with van der Waals surface area (Å²) >= 11 is 0. The Morgan fingerprint density at radius 3 is 2.48 bits per heavy atom. The van der Waals surface area contributed by atoms with E-state index in [-0.39, 0.29) is 5.97 Å². The Hall–Kier alpha value is -2.61. The van der Waals surface area contributed by atoms with E-state index in [0.717, 1.165) is 23.8 Å². The zero-order chi connectivity index (χ0) is 16.1. The average Bonchev–Trinajstić information content (AvgIpc) is 2.60. The van der Waals surface area contributed by atoms with Crippen LogP contribution in [0.4, 0.5) is 0 Å². The molecule has 0 heterocycles. The van der Waals surface area contributed by atoms with Crippen LogP contribution in [0.15, 0.2) is 60.7 Å². The van der Waals surface area contributed by atoms with E-state index in [1.807, 2.05) is 24.3 Å². The summed E-state index contributed by atoms with van der Waals surface area (Å²) in [7, 11) is 0. The minimum Gasteiger partial charge on any atom is -0.463 e. The molecule has 0 radical (unpaired) electrons. The second kappa shape index (κ2) is 7.10. The van der Waals surface area contributed by atoms with Crippen molar-refractivity contribution in [1.82, 2.24) is 0 Å². The first kappa shape index (κ1) is 15.3. The maximum Gasteiger partial charge on any atom is 0.330 e. The quantitative estimate of drug-likeness (QED) is 0.275. The normalized spacial score (nSPS) is 11.3. The molecule has 0 fully saturated rings. The van der Waals surface area contributed by atoms with Crippen LogP contribution >= 0.6 is 0 Å². The molecule has 0 aliphatic heterocycles. The van der Waals surface area contributed by atoms with Gasteiger partial charge in [-0.2, -0.15) is 0 Å². The summed E-state index contributed by atoms with van der Waals surface area (Å²) in [5, 5.41) is 4.74. The number of hydrogen-bond donors (Lipinski definition) is 0. The second-order valence-corrected chi connectivity index (χ2v) is 5.59. The minimum atomic E-state index is -0.282. The summed E-state index contributed by atoms with van der Waals surface area (Å²) in [5.74, 6) is -0.282. The Kier molecular flexibility index (Phi) is 4.72. The molecule has 0 spiro atoms. The van der Waals surface area contributed by atoms with Crippen LogP contribution in [0.3, 0.4) is 0 Å². The van der Waals surface area contributed by atoms with E-state index in [2.05, 4.69) is 43.3 Å². The number of carbonyl (C=O) groups excluding carboxylic acids is 1. The summed E-state index contributed by atoms with van der Waals surface area (Å²) < 4.78 is 5.18. The fraction of sp³-hybridized carbons (Fsp3) is 0.190. The van der Waals surface area contributed by atoms with Gasteiger partial charge in [-0.05, 0) is 45.7 Å². The zero-order valence-corrected chi connectivity index (χ0v) is 13.3. The fourth-order valence-corrected chi connectivity index (χ4v) is 2.74. The Morgan fingerprint density at radius 1 is 1.00 bits per heavy atom. The van der Waals surface area contributed by atoms with Crippen molar-refractivity contribution in [3.8, 4) is 0 Å². The Balaban J connectivity index is 1.97. The highest BCUT2D eigenvalue weighted by Crippen LogP contribution is 2.29. The molecular formula is C21H20O2. The van der Waals surface area contributed by atoms with Crippen LogP contribution in [-0.4, -0.2) is 12.6 Å². The first-order valence-corrected chi connectivity index (χ1v) is 8.05. The number of carbonyl (C=O) groups is 1. The first-order chi connectivity index (χ1) is 11.3.